The van der Waals surface area contributed by atoms with Crippen LogP contribution in [-0.4, -0.2) is 30.0 Å². The van der Waals surface area contributed by atoms with Crippen molar-refractivity contribution in [3.63, 3.8) is 0 Å². The molecule has 3 aliphatic rings. The van der Waals surface area contributed by atoms with Crippen molar-refractivity contribution in [1.29, 1.82) is 0 Å². The summed E-state index contributed by atoms with van der Waals surface area (Å²) in [6.07, 6.45) is 8.26. The van der Waals surface area contributed by atoms with Crippen LogP contribution in [0.2, 0.25) is 0 Å². The number of pyridine rings is 1. The first-order chi connectivity index (χ1) is 19.0. The maximum atomic E-state index is 12.9. The first-order valence-electron chi connectivity index (χ1n) is 14.1. The van der Waals surface area contributed by atoms with E-state index in [0.29, 0.717) is 34.9 Å². The Morgan fingerprint density at radius 1 is 1.00 bits per heavy atom. The number of methoxy groups -OCH3 is 1. The van der Waals surface area contributed by atoms with Crippen LogP contribution in [-0.2, 0) is 17.6 Å². The van der Waals surface area contributed by atoms with Crippen LogP contribution in [0.5, 0.6) is 11.5 Å². The molecule has 2 saturated carbocycles. The largest absolute Gasteiger partial charge is 0.493 e. The predicted octanol–water partition coefficient (Wildman–Crippen LogP) is 5.89. The zero-order chi connectivity index (χ0) is 27.0. The van der Waals surface area contributed by atoms with E-state index >= 15 is 0 Å². The average molecular weight is 525 g/mol. The summed E-state index contributed by atoms with van der Waals surface area (Å²) in [6, 6.07) is 19.4. The number of esters is 1. The molecule has 6 rings (SSSR count). The van der Waals surface area contributed by atoms with E-state index in [4.69, 9.17) is 9.47 Å². The van der Waals surface area contributed by atoms with Gasteiger partial charge < -0.3 is 14.8 Å². The fraction of sp³-hybridized carbons (Fsp3) is 0.424. The Morgan fingerprint density at radius 2 is 1.82 bits per heavy atom. The fourth-order valence-electron chi connectivity index (χ4n) is 7.70. The number of hydrogen-bond donors (Lipinski definition) is 1. The van der Waals surface area contributed by atoms with E-state index < -0.39 is 0 Å². The van der Waals surface area contributed by atoms with Gasteiger partial charge in [0, 0.05) is 12.2 Å². The number of benzene rings is 2. The first kappa shape index (κ1) is 25.6. The minimum Gasteiger partial charge on any atom is -0.493 e. The monoisotopic (exact) mass is 524 g/mol. The van der Waals surface area contributed by atoms with Gasteiger partial charge in [-0.25, -0.2) is 0 Å². The van der Waals surface area contributed by atoms with Crippen LogP contribution >= 0.6 is 0 Å². The Morgan fingerprint density at radius 3 is 2.59 bits per heavy atom. The highest BCUT2D eigenvalue weighted by atomic mass is 16.6. The standard InChI is InChI=1S/C33H36N2O4/c1-33-16-15-23-24(26(33)13-14-30(33)35-32(37)27-10-6-7-17-34-27)12-11-22-19-29(28(38-2)20-25(22)23)39-31(36)18-21-8-4-3-5-9-21/h3-10,17,19-20,23-24,26,30H,11-16,18H2,1-2H3,(H,35,37)/t23?,24?,26?,30-,33-/m0/s1. The Hall–Kier alpha value is -3.67. The second-order valence-electron chi connectivity index (χ2n) is 11.6. The minimum atomic E-state index is -0.286. The SMILES string of the molecule is COc1cc2c(cc1OC(=O)Cc1ccccc1)CCC1C2CC[C@@]2(C)C1CC[C@@H]2NC(=O)c1ccccn1. The highest BCUT2D eigenvalue weighted by Crippen LogP contribution is 2.61. The molecule has 6 heteroatoms. The molecule has 39 heavy (non-hydrogen) atoms. The van der Waals surface area contributed by atoms with Gasteiger partial charge in [0.1, 0.15) is 5.69 Å². The molecule has 6 nitrogen and oxygen atoms in total. The molecule has 202 valence electrons. The Bertz CT molecular complexity index is 1360. The van der Waals surface area contributed by atoms with Crippen molar-refractivity contribution in [2.45, 2.75) is 63.8 Å². The number of carbonyl (C=O) groups excluding carboxylic acids is 2. The van der Waals surface area contributed by atoms with Crippen molar-refractivity contribution in [1.82, 2.24) is 10.3 Å². The molecule has 2 aromatic carbocycles. The predicted molar refractivity (Wildman–Crippen MR) is 149 cm³/mol. The van der Waals surface area contributed by atoms with Crippen molar-refractivity contribution in [2.24, 2.45) is 17.3 Å². The Labute approximate surface area is 230 Å². The van der Waals surface area contributed by atoms with E-state index in [0.717, 1.165) is 44.1 Å². The molecule has 0 aliphatic heterocycles. The lowest BCUT2D eigenvalue weighted by atomic mass is 9.55. The number of aromatic nitrogens is 1. The molecule has 0 spiro atoms. The molecular formula is C33H36N2O4. The minimum absolute atomic E-state index is 0.0716. The molecule has 0 radical (unpaired) electrons. The van der Waals surface area contributed by atoms with Gasteiger partial charge in [0.2, 0.25) is 0 Å². The summed E-state index contributed by atoms with van der Waals surface area (Å²) in [5, 5.41) is 3.34. The number of nitrogens with zero attached hydrogens (tertiary/aromatic N) is 1. The van der Waals surface area contributed by atoms with Crippen LogP contribution in [0, 0.1) is 17.3 Å². The second kappa shape index (κ2) is 10.5. The van der Waals surface area contributed by atoms with Gasteiger partial charge in [-0.2, -0.15) is 0 Å². The van der Waals surface area contributed by atoms with Crippen LogP contribution in [0.1, 0.15) is 72.1 Å². The summed E-state index contributed by atoms with van der Waals surface area (Å²) in [5.41, 5.74) is 4.10. The Kier molecular flexibility index (Phi) is 6.88. The van der Waals surface area contributed by atoms with Gasteiger partial charge in [-0.05, 0) is 103 Å². The highest BCUT2D eigenvalue weighted by Gasteiger charge is 2.55. The van der Waals surface area contributed by atoms with Gasteiger partial charge in [-0.1, -0.05) is 43.3 Å². The molecule has 3 aromatic rings. The van der Waals surface area contributed by atoms with Gasteiger partial charge in [0.05, 0.1) is 13.5 Å². The van der Waals surface area contributed by atoms with Gasteiger partial charge in [-0.3, -0.25) is 14.6 Å². The van der Waals surface area contributed by atoms with Gasteiger partial charge in [-0.15, -0.1) is 0 Å². The quantitative estimate of drug-likeness (QED) is 0.321. The topological polar surface area (TPSA) is 77.5 Å². The second-order valence-corrected chi connectivity index (χ2v) is 11.6. The van der Waals surface area contributed by atoms with Crippen molar-refractivity contribution in [3.05, 3.63) is 89.2 Å². The van der Waals surface area contributed by atoms with E-state index in [1.54, 1.807) is 19.4 Å². The van der Waals surface area contributed by atoms with E-state index in [2.05, 4.69) is 23.3 Å². The molecule has 0 saturated heterocycles. The molecule has 1 aromatic heterocycles. The van der Waals surface area contributed by atoms with Crippen LogP contribution in [0.4, 0.5) is 0 Å². The molecule has 1 amide bonds. The number of ether oxygens (including phenoxy) is 2. The normalized spacial score (nSPS) is 27.0. The lowest BCUT2D eigenvalue weighted by molar-refractivity contribution is -0.133. The molecule has 1 heterocycles. The van der Waals surface area contributed by atoms with E-state index in [1.807, 2.05) is 48.5 Å². The number of fused-ring (bicyclic) bond motifs is 5. The number of hydrogen-bond acceptors (Lipinski definition) is 5. The van der Waals surface area contributed by atoms with Crippen molar-refractivity contribution in [2.75, 3.05) is 7.11 Å². The first-order valence-corrected chi connectivity index (χ1v) is 14.1. The smallest absolute Gasteiger partial charge is 0.315 e. The number of nitrogens with one attached hydrogen (secondary N) is 1. The maximum absolute atomic E-state index is 12.9. The molecule has 1 N–H and O–H groups in total. The fourth-order valence-corrected chi connectivity index (χ4v) is 7.70. The number of amides is 1. The van der Waals surface area contributed by atoms with Gasteiger partial charge in [0.15, 0.2) is 11.5 Å². The van der Waals surface area contributed by atoms with Gasteiger partial charge in [0.25, 0.3) is 5.91 Å². The van der Waals surface area contributed by atoms with Gasteiger partial charge >= 0.3 is 5.97 Å². The number of aryl methyl sites for hydroxylation is 1. The third kappa shape index (κ3) is 4.81. The van der Waals surface area contributed by atoms with E-state index in [9.17, 15) is 9.59 Å². The van der Waals surface area contributed by atoms with Crippen LogP contribution in [0.25, 0.3) is 0 Å². The summed E-state index contributed by atoms with van der Waals surface area (Å²) < 4.78 is 11.5. The summed E-state index contributed by atoms with van der Waals surface area (Å²) >= 11 is 0. The van der Waals surface area contributed by atoms with Crippen molar-refractivity contribution < 1.29 is 19.1 Å². The van der Waals surface area contributed by atoms with Crippen LogP contribution in [0.3, 0.4) is 0 Å². The zero-order valence-electron chi connectivity index (χ0n) is 22.7. The zero-order valence-corrected chi connectivity index (χ0v) is 22.7. The number of rotatable bonds is 6. The molecular weight excluding hydrogens is 488 g/mol. The molecule has 3 aliphatic carbocycles. The molecule has 5 atom stereocenters. The summed E-state index contributed by atoms with van der Waals surface area (Å²) in [4.78, 5) is 29.9. The molecule has 2 fully saturated rings. The van der Waals surface area contributed by atoms with E-state index in [-0.39, 0.29) is 29.8 Å². The van der Waals surface area contributed by atoms with Crippen LogP contribution < -0.4 is 14.8 Å². The lowest BCUT2D eigenvalue weighted by Crippen LogP contribution is -2.50. The number of carbonyl (C=O) groups is 2. The summed E-state index contributed by atoms with van der Waals surface area (Å²) in [7, 11) is 1.64. The molecule has 0 bridgehead atoms. The molecule has 3 unspecified atom stereocenters. The summed E-state index contributed by atoms with van der Waals surface area (Å²) in [6.45, 7) is 2.38. The highest BCUT2D eigenvalue weighted by molar-refractivity contribution is 5.92. The average Bonchev–Trinajstić information content (AvgIpc) is 3.29. The van der Waals surface area contributed by atoms with Crippen LogP contribution in [0.15, 0.2) is 66.9 Å². The summed E-state index contributed by atoms with van der Waals surface area (Å²) in [5.74, 6) is 2.37. The Balaban J connectivity index is 1.19. The maximum Gasteiger partial charge on any atom is 0.315 e. The van der Waals surface area contributed by atoms with E-state index in [1.165, 1.54) is 11.1 Å². The third-order valence-electron chi connectivity index (χ3n) is 9.63. The van der Waals surface area contributed by atoms with Crippen molar-refractivity contribution in [3.8, 4) is 11.5 Å². The lowest BCUT2D eigenvalue weighted by Gasteiger charge is -2.51. The van der Waals surface area contributed by atoms with Crippen molar-refractivity contribution >= 4 is 11.9 Å². The third-order valence-corrected chi connectivity index (χ3v) is 9.63.